The molecule has 0 radical (unpaired) electrons. The van der Waals surface area contributed by atoms with E-state index in [9.17, 15) is 0 Å². The minimum atomic E-state index is 0.667. The first-order chi connectivity index (χ1) is 5.34. The second-order valence-electron chi connectivity index (χ2n) is 2.29. The number of H-pyrrole nitrogens is 1. The summed E-state index contributed by atoms with van der Waals surface area (Å²) in [6.45, 7) is 1.99. The summed E-state index contributed by atoms with van der Waals surface area (Å²) in [6, 6.07) is 0. The zero-order chi connectivity index (χ0) is 8.10. The van der Waals surface area contributed by atoms with Crippen molar-refractivity contribution in [3.05, 3.63) is 23.8 Å². The van der Waals surface area contributed by atoms with Crippen LogP contribution in [0.4, 0.5) is 0 Å². The number of hydrogen-bond acceptors (Lipinski definition) is 1. The Hall–Kier alpha value is -0.760. The summed E-state index contributed by atoms with van der Waals surface area (Å²) in [7, 11) is 0. The molecule has 1 N–H and O–H groups in total. The summed E-state index contributed by atoms with van der Waals surface area (Å²) < 4.78 is 0. The molecule has 11 heavy (non-hydrogen) atoms. The van der Waals surface area contributed by atoms with Crippen molar-refractivity contribution in [1.29, 1.82) is 0 Å². The molecule has 0 unspecified atom stereocenters. The van der Waals surface area contributed by atoms with Crippen LogP contribution >= 0.6 is 11.6 Å². The Labute approximate surface area is 71.3 Å². The number of halogens is 1. The number of hydrogen-bond donors (Lipinski definition) is 1. The third-order valence-corrected chi connectivity index (χ3v) is 1.64. The van der Waals surface area contributed by atoms with Crippen LogP contribution < -0.4 is 0 Å². The summed E-state index contributed by atoms with van der Waals surface area (Å²) in [5.41, 5.74) is 2.09. The van der Waals surface area contributed by atoms with E-state index >= 15 is 0 Å². The van der Waals surface area contributed by atoms with Gasteiger partial charge in [0, 0.05) is 11.6 Å². The van der Waals surface area contributed by atoms with E-state index in [4.69, 9.17) is 11.6 Å². The molecule has 0 aliphatic heterocycles. The molecule has 0 saturated carbocycles. The van der Waals surface area contributed by atoms with Crippen LogP contribution in [0.2, 0.25) is 0 Å². The molecule has 60 valence electrons. The lowest BCUT2D eigenvalue weighted by Gasteiger charge is -1.86. The van der Waals surface area contributed by atoms with Gasteiger partial charge in [0.05, 0.1) is 12.0 Å². The maximum absolute atomic E-state index is 5.50. The van der Waals surface area contributed by atoms with E-state index in [1.165, 1.54) is 0 Å². The summed E-state index contributed by atoms with van der Waals surface area (Å²) in [4.78, 5) is 7.10. The molecule has 0 aliphatic rings. The van der Waals surface area contributed by atoms with E-state index in [0.29, 0.717) is 5.88 Å². The fraction of sp³-hybridized carbons (Fsp3) is 0.375. The van der Waals surface area contributed by atoms with Crippen LogP contribution in [0.15, 0.2) is 12.4 Å². The monoisotopic (exact) mass is 170 g/mol. The number of allylic oxidation sites excluding steroid dienone is 1. The van der Waals surface area contributed by atoms with Crippen molar-refractivity contribution in [2.45, 2.75) is 13.3 Å². The topological polar surface area (TPSA) is 28.7 Å². The van der Waals surface area contributed by atoms with E-state index < -0.39 is 0 Å². The van der Waals surface area contributed by atoms with Crippen molar-refractivity contribution >= 4 is 17.7 Å². The molecule has 0 aliphatic carbocycles. The van der Waals surface area contributed by atoms with Crippen LogP contribution in [-0.4, -0.2) is 15.8 Å². The van der Waals surface area contributed by atoms with Gasteiger partial charge in [-0.15, -0.1) is 11.6 Å². The van der Waals surface area contributed by atoms with Crippen LogP contribution in [0, 0.1) is 6.92 Å². The van der Waals surface area contributed by atoms with Gasteiger partial charge in [0.25, 0.3) is 0 Å². The van der Waals surface area contributed by atoms with Gasteiger partial charge in [0.15, 0.2) is 0 Å². The first-order valence-corrected chi connectivity index (χ1v) is 4.10. The van der Waals surface area contributed by atoms with Gasteiger partial charge in [-0.3, -0.25) is 0 Å². The molecule has 1 aromatic heterocycles. The number of alkyl halides is 1. The van der Waals surface area contributed by atoms with Crippen molar-refractivity contribution in [3.8, 4) is 0 Å². The third-order valence-electron chi connectivity index (χ3n) is 1.42. The highest BCUT2D eigenvalue weighted by molar-refractivity contribution is 6.17. The Morgan fingerprint density at radius 3 is 3.09 bits per heavy atom. The molecule has 1 heterocycles. The van der Waals surface area contributed by atoms with Crippen LogP contribution in [0.3, 0.4) is 0 Å². The number of nitrogens with zero attached hydrogens (tertiary/aromatic N) is 1. The molecule has 0 aromatic carbocycles. The van der Waals surface area contributed by atoms with Gasteiger partial charge in [-0.2, -0.15) is 0 Å². The average Bonchev–Trinajstić information content (AvgIpc) is 2.37. The minimum absolute atomic E-state index is 0.667. The van der Waals surface area contributed by atoms with Crippen LogP contribution in [0.5, 0.6) is 0 Å². The smallest absolute Gasteiger partial charge is 0.0929 e. The van der Waals surface area contributed by atoms with E-state index in [0.717, 1.165) is 17.8 Å². The lowest BCUT2D eigenvalue weighted by atomic mass is 10.3. The summed E-state index contributed by atoms with van der Waals surface area (Å²) >= 11 is 5.50. The highest BCUT2D eigenvalue weighted by Gasteiger charge is 1.92. The van der Waals surface area contributed by atoms with Gasteiger partial charge >= 0.3 is 0 Å². The number of imidazole rings is 1. The number of aryl methyl sites for hydroxylation is 1. The minimum Gasteiger partial charge on any atom is -0.348 e. The second kappa shape index (κ2) is 4.19. The fourth-order valence-corrected chi connectivity index (χ4v) is 0.921. The predicted molar refractivity (Wildman–Crippen MR) is 47.7 cm³/mol. The van der Waals surface area contributed by atoms with Gasteiger partial charge in [0.2, 0.25) is 0 Å². The van der Waals surface area contributed by atoms with Gasteiger partial charge in [0.1, 0.15) is 0 Å². The first kappa shape index (κ1) is 8.34. The molecule has 0 spiro atoms. The van der Waals surface area contributed by atoms with Gasteiger partial charge in [-0.25, -0.2) is 4.98 Å². The second-order valence-corrected chi connectivity index (χ2v) is 2.67. The summed E-state index contributed by atoms with van der Waals surface area (Å²) in [6.07, 6.45) is 6.59. The highest BCUT2D eigenvalue weighted by Crippen LogP contribution is 2.03. The Kier molecular flexibility index (Phi) is 3.17. The van der Waals surface area contributed by atoms with Crippen molar-refractivity contribution in [2.24, 2.45) is 0 Å². The zero-order valence-corrected chi connectivity index (χ0v) is 7.23. The number of nitrogens with one attached hydrogen (secondary N) is 1. The maximum Gasteiger partial charge on any atom is 0.0929 e. The number of aromatic nitrogens is 2. The molecular weight excluding hydrogens is 160 g/mol. The quantitative estimate of drug-likeness (QED) is 0.694. The van der Waals surface area contributed by atoms with Crippen molar-refractivity contribution in [3.63, 3.8) is 0 Å². The Morgan fingerprint density at radius 2 is 2.55 bits per heavy atom. The van der Waals surface area contributed by atoms with E-state index in [2.05, 4.69) is 9.97 Å². The van der Waals surface area contributed by atoms with E-state index in [-0.39, 0.29) is 0 Å². The molecule has 1 rings (SSSR count). The van der Waals surface area contributed by atoms with E-state index in [1.807, 2.05) is 19.1 Å². The van der Waals surface area contributed by atoms with Gasteiger partial charge in [-0.05, 0) is 19.4 Å². The van der Waals surface area contributed by atoms with Crippen LogP contribution in [-0.2, 0) is 0 Å². The molecular formula is C8H11ClN2. The van der Waals surface area contributed by atoms with Gasteiger partial charge in [-0.1, -0.05) is 6.08 Å². The summed E-state index contributed by atoms with van der Waals surface area (Å²) in [5, 5.41) is 0. The Balaban J connectivity index is 2.56. The Bertz CT molecular complexity index is 240. The highest BCUT2D eigenvalue weighted by atomic mass is 35.5. The Morgan fingerprint density at radius 1 is 1.73 bits per heavy atom. The SMILES string of the molecule is Cc1[nH]cnc1C=CCCCl. The van der Waals surface area contributed by atoms with Gasteiger partial charge < -0.3 is 4.98 Å². The van der Waals surface area contributed by atoms with Crippen LogP contribution in [0.1, 0.15) is 17.8 Å². The molecule has 0 amide bonds. The number of aromatic amines is 1. The lowest BCUT2D eigenvalue weighted by Crippen LogP contribution is -1.76. The maximum atomic E-state index is 5.50. The third kappa shape index (κ3) is 2.39. The first-order valence-electron chi connectivity index (χ1n) is 3.57. The molecule has 0 atom stereocenters. The molecule has 1 aromatic rings. The molecule has 3 heteroatoms. The van der Waals surface area contributed by atoms with E-state index in [1.54, 1.807) is 6.33 Å². The molecule has 0 bridgehead atoms. The fourth-order valence-electron chi connectivity index (χ4n) is 0.795. The molecule has 0 saturated heterocycles. The van der Waals surface area contributed by atoms with Crippen molar-refractivity contribution < 1.29 is 0 Å². The largest absolute Gasteiger partial charge is 0.348 e. The summed E-state index contributed by atoms with van der Waals surface area (Å²) in [5.74, 6) is 0.667. The normalized spacial score (nSPS) is 11.1. The molecule has 2 nitrogen and oxygen atoms in total. The average molecular weight is 171 g/mol. The lowest BCUT2D eigenvalue weighted by molar-refractivity contribution is 1.23. The zero-order valence-electron chi connectivity index (χ0n) is 6.47. The van der Waals surface area contributed by atoms with Crippen molar-refractivity contribution in [1.82, 2.24) is 9.97 Å². The van der Waals surface area contributed by atoms with Crippen LogP contribution in [0.25, 0.3) is 6.08 Å². The van der Waals surface area contributed by atoms with Crippen molar-refractivity contribution in [2.75, 3.05) is 5.88 Å². The molecule has 0 fully saturated rings. The standard InChI is InChI=1S/C8H11ClN2/c1-7-8(11-6-10-7)4-2-3-5-9/h2,4,6H,3,5H2,1H3,(H,10,11). The number of rotatable bonds is 3. The predicted octanol–water partition coefficient (Wildman–Crippen LogP) is 2.36.